The first-order chi connectivity index (χ1) is 16.1. The minimum Gasteiger partial charge on any atom is -0.380 e. The van der Waals surface area contributed by atoms with Gasteiger partial charge in [-0.25, -0.2) is 0 Å². The summed E-state index contributed by atoms with van der Waals surface area (Å²) in [5, 5.41) is 3.03. The van der Waals surface area contributed by atoms with Crippen LogP contribution in [0.15, 0.2) is 48.5 Å². The largest absolute Gasteiger partial charge is 0.380 e. The number of amides is 2. The van der Waals surface area contributed by atoms with Crippen molar-refractivity contribution in [3.05, 3.63) is 65.2 Å². The molecule has 2 aromatic carbocycles. The van der Waals surface area contributed by atoms with Gasteiger partial charge in [0.1, 0.15) is 0 Å². The number of rotatable bonds is 8. The van der Waals surface area contributed by atoms with E-state index in [9.17, 15) is 9.59 Å². The molecule has 0 saturated carbocycles. The van der Waals surface area contributed by atoms with E-state index in [-0.39, 0.29) is 11.8 Å². The summed E-state index contributed by atoms with van der Waals surface area (Å²) in [4.78, 5) is 31.8. The van der Waals surface area contributed by atoms with E-state index in [0.29, 0.717) is 26.2 Å². The maximum Gasteiger partial charge on any atom is 0.241 e. The number of benzene rings is 2. The number of hydrogen-bond acceptors (Lipinski definition) is 5. The van der Waals surface area contributed by atoms with Crippen molar-refractivity contribution in [2.45, 2.75) is 26.0 Å². The molecule has 7 nitrogen and oxygen atoms in total. The summed E-state index contributed by atoms with van der Waals surface area (Å²) >= 11 is 0. The van der Waals surface area contributed by atoms with Gasteiger partial charge in [-0.1, -0.05) is 42.5 Å². The highest BCUT2D eigenvalue weighted by Crippen LogP contribution is 2.26. The Morgan fingerprint density at radius 2 is 1.55 bits per heavy atom. The third-order valence-corrected chi connectivity index (χ3v) is 6.50. The fraction of sp³-hybridized carbons (Fsp3) is 0.462. The van der Waals surface area contributed by atoms with Crippen molar-refractivity contribution in [2.24, 2.45) is 0 Å². The second kappa shape index (κ2) is 11.4. The molecular weight excluding hydrogens is 416 g/mol. The number of carbonyl (C=O) groups is 2. The van der Waals surface area contributed by atoms with Crippen molar-refractivity contribution in [3.8, 4) is 0 Å². The lowest BCUT2D eigenvalue weighted by Crippen LogP contribution is -2.52. The Kier molecular flexibility index (Phi) is 8.10. The van der Waals surface area contributed by atoms with Crippen LogP contribution in [0.5, 0.6) is 0 Å². The normalized spacial score (nSPS) is 16.9. The van der Waals surface area contributed by atoms with Gasteiger partial charge in [0.05, 0.1) is 19.7 Å². The lowest BCUT2D eigenvalue weighted by molar-refractivity contribution is -0.124. The summed E-state index contributed by atoms with van der Waals surface area (Å²) in [6.45, 7) is 5.83. The van der Waals surface area contributed by atoms with Gasteiger partial charge in [-0.2, -0.15) is 0 Å². The van der Waals surface area contributed by atoms with E-state index in [1.54, 1.807) is 7.11 Å². The van der Waals surface area contributed by atoms with Crippen LogP contribution in [-0.2, 0) is 33.9 Å². The summed E-state index contributed by atoms with van der Waals surface area (Å²) in [7, 11) is 1.67. The van der Waals surface area contributed by atoms with E-state index in [1.165, 1.54) is 5.56 Å². The molecule has 176 valence electrons. The van der Waals surface area contributed by atoms with E-state index in [4.69, 9.17) is 4.74 Å². The average molecular weight is 451 g/mol. The number of nitrogens with one attached hydrogen (secondary N) is 1. The van der Waals surface area contributed by atoms with Crippen molar-refractivity contribution >= 4 is 17.5 Å². The standard InChI is InChI=1S/C26H34N4O3/c1-33-20-23-9-3-2-8-22(23)17-27-25(31)18-28-13-15-29(16-14-28)19-26(32)30-12-6-10-21-7-4-5-11-24(21)30/h2-5,7-9,11H,6,10,12-20H2,1H3,(H,27,31). The van der Waals surface area contributed by atoms with Gasteiger partial charge < -0.3 is 15.0 Å². The molecule has 1 fully saturated rings. The Morgan fingerprint density at radius 3 is 2.30 bits per heavy atom. The Bertz CT molecular complexity index is 956. The monoisotopic (exact) mass is 450 g/mol. The SMILES string of the molecule is COCc1ccccc1CNC(=O)CN1CCN(CC(=O)N2CCCc3ccccc32)CC1. The number of nitrogens with zero attached hydrogens (tertiary/aromatic N) is 3. The van der Waals surface area contributed by atoms with Crippen molar-refractivity contribution in [2.75, 3.05) is 57.8 Å². The number of piperazine rings is 1. The van der Waals surface area contributed by atoms with Gasteiger partial charge in [-0.05, 0) is 35.6 Å². The number of fused-ring (bicyclic) bond motifs is 1. The number of aryl methyl sites for hydroxylation is 1. The molecule has 2 aliphatic heterocycles. The van der Waals surface area contributed by atoms with Gasteiger partial charge in [0, 0.05) is 52.1 Å². The third kappa shape index (κ3) is 6.19. The van der Waals surface area contributed by atoms with E-state index in [1.807, 2.05) is 41.3 Å². The number of hydrogen-bond donors (Lipinski definition) is 1. The van der Waals surface area contributed by atoms with Gasteiger partial charge in [0.2, 0.25) is 11.8 Å². The molecule has 2 aliphatic rings. The molecule has 2 heterocycles. The van der Waals surface area contributed by atoms with Crippen LogP contribution in [0.3, 0.4) is 0 Å². The van der Waals surface area contributed by atoms with Crippen LogP contribution in [0.4, 0.5) is 5.69 Å². The van der Waals surface area contributed by atoms with Crippen LogP contribution in [0.25, 0.3) is 0 Å². The number of carbonyl (C=O) groups excluding carboxylic acids is 2. The van der Waals surface area contributed by atoms with Crippen LogP contribution >= 0.6 is 0 Å². The quantitative estimate of drug-likeness (QED) is 0.667. The predicted octanol–water partition coefficient (Wildman–Crippen LogP) is 2.05. The van der Waals surface area contributed by atoms with Crippen LogP contribution in [0.2, 0.25) is 0 Å². The molecule has 0 aliphatic carbocycles. The molecule has 2 amide bonds. The molecule has 7 heteroatoms. The highest BCUT2D eigenvalue weighted by atomic mass is 16.5. The average Bonchev–Trinajstić information content (AvgIpc) is 2.84. The lowest BCUT2D eigenvalue weighted by Gasteiger charge is -2.36. The molecule has 0 radical (unpaired) electrons. The van der Waals surface area contributed by atoms with Gasteiger partial charge in [0.15, 0.2) is 0 Å². The summed E-state index contributed by atoms with van der Waals surface area (Å²) in [6, 6.07) is 16.2. The summed E-state index contributed by atoms with van der Waals surface area (Å²) < 4.78 is 5.24. The molecule has 0 spiro atoms. The molecule has 0 atom stereocenters. The first-order valence-electron chi connectivity index (χ1n) is 11.8. The molecular formula is C26H34N4O3. The topological polar surface area (TPSA) is 65.1 Å². The van der Waals surface area contributed by atoms with Gasteiger partial charge in [0.25, 0.3) is 0 Å². The highest BCUT2D eigenvalue weighted by molar-refractivity contribution is 5.96. The maximum absolute atomic E-state index is 13.0. The Labute approximate surface area is 196 Å². The Hall–Kier alpha value is -2.74. The molecule has 0 aromatic heterocycles. The summed E-state index contributed by atoms with van der Waals surface area (Å²) in [6.07, 6.45) is 2.06. The van der Waals surface area contributed by atoms with Gasteiger partial charge >= 0.3 is 0 Å². The fourth-order valence-electron chi connectivity index (χ4n) is 4.65. The second-order valence-corrected chi connectivity index (χ2v) is 8.81. The minimum atomic E-state index is 0.0247. The zero-order valence-corrected chi connectivity index (χ0v) is 19.5. The molecule has 4 rings (SSSR count). The fourth-order valence-corrected chi connectivity index (χ4v) is 4.65. The Balaban J connectivity index is 1.20. The van der Waals surface area contributed by atoms with E-state index in [0.717, 1.165) is 62.4 Å². The third-order valence-electron chi connectivity index (χ3n) is 6.50. The number of para-hydroxylation sites is 1. The smallest absolute Gasteiger partial charge is 0.241 e. The predicted molar refractivity (Wildman–Crippen MR) is 129 cm³/mol. The molecule has 0 bridgehead atoms. The molecule has 33 heavy (non-hydrogen) atoms. The van der Waals surface area contributed by atoms with Crippen LogP contribution in [0, 0.1) is 0 Å². The van der Waals surface area contributed by atoms with Crippen LogP contribution in [-0.4, -0.2) is 74.5 Å². The zero-order chi connectivity index (χ0) is 23.0. The number of methoxy groups -OCH3 is 1. The molecule has 2 aromatic rings. The number of anilines is 1. The zero-order valence-electron chi connectivity index (χ0n) is 19.5. The second-order valence-electron chi connectivity index (χ2n) is 8.81. The van der Waals surface area contributed by atoms with E-state index in [2.05, 4.69) is 27.2 Å². The summed E-state index contributed by atoms with van der Waals surface area (Å²) in [5.41, 5.74) is 4.50. The Morgan fingerprint density at radius 1 is 0.879 bits per heavy atom. The first-order valence-corrected chi connectivity index (χ1v) is 11.8. The molecule has 1 N–H and O–H groups in total. The van der Waals surface area contributed by atoms with Crippen molar-refractivity contribution < 1.29 is 14.3 Å². The lowest BCUT2D eigenvalue weighted by atomic mass is 10.0. The van der Waals surface area contributed by atoms with Gasteiger partial charge in [-0.3, -0.25) is 19.4 Å². The first kappa shape index (κ1) is 23.4. The van der Waals surface area contributed by atoms with E-state index >= 15 is 0 Å². The minimum absolute atomic E-state index is 0.0247. The summed E-state index contributed by atoms with van der Waals surface area (Å²) in [5.74, 6) is 0.194. The number of ether oxygens (including phenoxy) is 1. The van der Waals surface area contributed by atoms with Gasteiger partial charge in [-0.15, -0.1) is 0 Å². The maximum atomic E-state index is 13.0. The molecule has 1 saturated heterocycles. The van der Waals surface area contributed by atoms with Crippen LogP contribution < -0.4 is 10.2 Å². The highest BCUT2D eigenvalue weighted by Gasteiger charge is 2.26. The van der Waals surface area contributed by atoms with Crippen molar-refractivity contribution in [1.29, 1.82) is 0 Å². The van der Waals surface area contributed by atoms with E-state index < -0.39 is 0 Å². The van der Waals surface area contributed by atoms with Crippen LogP contribution in [0.1, 0.15) is 23.1 Å². The van der Waals surface area contributed by atoms with Crippen molar-refractivity contribution in [3.63, 3.8) is 0 Å². The molecule has 0 unspecified atom stereocenters. The van der Waals surface area contributed by atoms with Crippen molar-refractivity contribution in [1.82, 2.24) is 15.1 Å².